The second kappa shape index (κ2) is 4.57. The summed E-state index contributed by atoms with van der Waals surface area (Å²) in [4.78, 5) is 10.8. The first kappa shape index (κ1) is 13.4. The number of carboxylic acids is 1. The smallest absolute Gasteiger partial charge is 0.402 e. The summed E-state index contributed by atoms with van der Waals surface area (Å²) >= 11 is 0. The summed E-state index contributed by atoms with van der Waals surface area (Å²) < 4.78 is 40.1. The molecule has 0 saturated heterocycles. The fourth-order valence-electron chi connectivity index (χ4n) is 2.12. The van der Waals surface area contributed by atoms with Gasteiger partial charge in [0.05, 0.1) is 5.57 Å². The molecule has 0 saturated carbocycles. The Bertz CT molecular complexity index is 544. The van der Waals surface area contributed by atoms with E-state index in [9.17, 15) is 18.0 Å². The first-order chi connectivity index (χ1) is 8.87. The Morgan fingerprint density at radius 1 is 1.21 bits per heavy atom. The Hall–Kier alpha value is -2.04. The van der Waals surface area contributed by atoms with E-state index in [1.54, 1.807) is 6.07 Å². The van der Waals surface area contributed by atoms with Crippen LogP contribution in [-0.4, -0.2) is 17.3 Å². The molecule has 0 fully saturated rings. The van der Waals surface area contributed by atoms with Crippen molar-refractivity contribution in [1.82, 2.24) is 0 Å². The second-order valence-corrected chi connectivity index (χ2v) is 4.34. The van der Waals surface area contributed by atoms with E-state index < -0.39 is 24.0 Å². The third-order valence-corrected chi connectivity index (χ3v) is 3.23. The van der Waals surface area contributed by atoms with E-state index in [0.717, 1.165) is 18.2 Å². The van der Waals surface area contributed by atoms with Crippen molar-refractivity contribution >= 4 is 5.97 Å². The van der Waals surface area contributed by atoms with Crippen molar-refractivity contribution in [3.63, 3.8) is 0 Å². The lowest BCUT2D eigenvalue weighted by Gasteiger charge is -2.34. The first-order valence-corrected chi connectivity index (χ1v) is 5.62. The number of carboxylic acid groups (broad SMARTS) is 1. The van der Waals surface area contributed by atoms with Crippen LogP contribution in [-0.2, 0) is 10.2 Å². The van der Waals surface area contributed by atoms with E-state index in [-0.39, 0.29) is 11.1 Å². The highest BCUT2D eigenvalue weighted by molar-refractivity contribution is 5.90. The molecule has 1 N–H and O–H groups in total. The van der Waals surface area contributed by atoms with E-state index in [0.29, 0.717) is 0 Å². The number of benzene rings is 1. The van der Waals surface area contributed by atoms with Gasteiger partial charge in [0, 0.05) is 0 Å². The van der Waals surface area contributed by atoms with Crippen LogP contribution in [0.2, 0.25) is 0 Å². The molecule has 1 aliphatic carbocycles. The Kier molecular flexibility index (Phi) is 3.22. The number of hydrogen-bond donors (Lipinski definition) is 1. The van der Waals surface area contributed by atoms with Crippen LogP contribution in [0.3, 0.4) is 0 Å². The molecule has 1 atom stereocenters. The number of halogens is 3. The highest BCUT2D eigenvalue weighted by Crippen LogP contribution is 2.47. The molecule has 0 heterocycles. The minimum absolute atomic E-state index is 0.111. The summed E-state index contributed by atoms with van der Waals surface area (Å²) in [5.41, 5.74) is -2.15. The van der Waals surface area contributed by atoms with Crippen molar-refractivity contribution in [2.24, 2.45) is 0 Å². The summed E-state index contributed by atoms with van der Waals surface area (Å²) in [6.07, 6.45) is -1.81. The molecular weight excluding hydrogens is 257 g/mol. The summed E-state index contributed by atoms with van der Waals surface area (Å²) in [6, 6.07) is 7.51. The van der Waals surface area contributed by atoms with Gasteiger partial charge in [-0.05, 0) is 12.0 Å². The van der Waals surface area contributed by atoms with Crippen LogP contribution in [0, 0.1) is 0 Å². The average molecular weight is 268 g/mol. The minimum atomic E-state index is -4.48. The van der Waals surface area contributed by atoms with Crippen LogP contribution >= 0.6 is 0 Å². The van der Waals surface area contributed by atoms with Gasteiger partial charge in [-0.25, -0.2) is 4.79 Å². The van der Waals surface area contributed by atoms with Gasteiger partial charge in [0.15, 0.2) is 0 Å². The molecule has 0 bridgehead atoms. The van der Waals surface area contributed by atoms with Crippen LogP contribution in [0.15, 0.2) is 54.1 Å². The molecule has 0 radical (unpaired) electrons. The summed E-state index contributed by atoms with van der Waals surface area (Å²) in [6.45, 7) is 0. The molecule has 0 spiro atoms. The van der Waals surface area contributed by atoms with E-state index >= 15 is 0 Å². The maximum absolute atomic E-state index is 13.4. The zero-order chi connectivity index (χ0) is 14.1. The van der Waals surface area contributed by atoms with Gasteiger partial charge < -0.3 is 5.11 Å². The van der Waals surface area contributed by atoms with Crippen molar-refractivity contribution in [3.05, 3.63) is 59.7 Å². The molecule has 0 aliphatic heterocycles. The van der Waals surface area contributed by atoms with E-state index in [2.05, 4.69) is 0 Å². The number of aliphatic carboxylic acids is 1. The topological polar surface area (TPSA) is 37.3 Å². The zero-order valence-corrected chi connectivity index (χ0v) is 9.82. The fourth-order valence-corrected chi connectivity index (χ4v) is 2.12. The number of rotatable bonds is 2. The lowest BCUT2D eigenvalue weighted by atomic mass is 9.73. The monoisotopic (exact) mass is 268 g/mol. The lowest BCUT2D eigenvalue weighted by Crippen LogP contribution is -2.41. The number of allylic oxidation sites excluding steroid dienone is 2. The Balaban J connectivity index is 2.48. The van der Waals surface area contributed by atoms with E-state index in [4.69, 9.17) is 5.11 Å². The van der Waals surface area contributed by atoms with Gasteiger partial charge in [-0.1, -0.05) is 48.6 Å². The summed E-state index contributed by atoms with van der Waals surface area (Å²) in [5, 5.41) is 8.78. The van der Waals surface area contributed by atoms with Crippen LogP contribution in [0.4, 0.5) is 13.2 Å². The predicted molar refractivity (Wildman–Crippen MR) is 63.7 cm³/mol. The first-order valence-electron chi connectivity index (χ1n) is 5.62. The van der Waals surface area contributed by atoms with Crippen LogP contribution in [0.1, 0.15) is 12.0 Å². The van der Waals surface area contributed by atoms with Gasteiger partial charge in [-0.3, -0.25) is 0 Å². The van der Waals surface area contributed by atoms with Crippen molar-refractivity contribution < 1.29 is 23.1 Å². The normalized spacial score (nSPS) is 23.0. The van der Waals surface area contributed by atoms with Gasteiger partial charge in [0.1, 0.15) is 5.41 Å². The van der Waals surface area contributed by atoms with Crippen LogP contribution < -0.4 is 0 Å². The SMILES string of the molecule is O=C(O)C1=CCC(c2ccccc2)(C(F)(F)F)C=C1. The predicted octanol–water partition coefficient (Wildman–Crippen LogP) is 3.46. The van der Waals surface area contributed by atoms with Crippen molar-refractivity contribution in [2.45, 2.75) is 18.0 Å². The standard InChI is InChI=1S/C14H11F3O2/c15-14(16,17)13(11-4-2-1-3-5-11)8-6-10(7-9-13)12(18)19/h1-8H,9H2,(H,18,19). The van der Waals surface area contributed by atoms with Gasteiger partial charge in [0.25, 0.3) is 0 Å². The second-order valence-electron chi connectivity index (χ2n) is 4.34. The van der Waals surface area contributed by atoms with E-state index in [1.807, 2.05) is 0 Å². The molecule has 19 heavy (non-hydrogen) atoms. The lowest BCUT2D eigenvalue weighted by molar-refractivity contribution is -0.175. The molecule has 0 amide bonds. The molecule has 1 aromatic rings. The summed E-state index contributed by atoms with van der Waals surface area (Å²) in [5.74, 6) is -1.22. The molecular formula is C14H11F3O2. The molecule has 100 valence electrons. The third kappa shape index (κ3) is 2.28. The van der Waals surface area contributed by atoms with E-state index in [1.165, 1.54) is 24.3 Å². The molecule has 2 nitrogen and oxygen atoms in total. The minimum Gasteiger partial charge on any atom is -0.478 e. The largest absolute Gasteiger partial charge is 0.478 e. The highest BCUT2D eigenvalue weighted by Gasteiger charge is 2.54. The number of hydrogen-bond acceptors (Lipinski definition) is 1. The van der Waals surface area contributed by atoms with Gasteiger partial charge >= 0.3 is 12.1 Å². The van der Waals surface area contributed by atoms with Crippen LogP contribution in [0.25, 0.3) is 0 Å². The molecule has 1 aliphatic rings. The molecule has 1 aromatic carbocycles. The molecule has 1 unspecified atom stereocenters. The summed E-state index contributed by atoms with van der Waals surface area (Å²) in [7, 11) is 0. The van der Waals surface area contributed by atoms with Crippen molar-refractivity contribution in [2.75, 3.05) is 0 Å². The van der Waals surface area contributed by atoms with Crippen molar-refractivity contribution in [1.29, 1.82) is 0 Å². The maximum atomic E-state index is 13.4. The van der Waals surface area contributed by atoms with Gasteiger partial charge in [-0.15, -0.1) is 0 Å². The number of carbonyl (C=O) groups is 1. The van der Waals surface area contributed by atoms with Crippen LogP contribution in [0.5, 0.6) is 0 Å². The Morgan fingerprint density at radius 3 is 2.26 bits per heavy atom. The molecule has 0 aromatic heterocycles. The maximum Gasteiger partial charge on any atom is 0.402 e. The van der Waals surface area contributed by atoms with Gasteiger partial charge in [-0.2, -0.15) is 13.2 Å². The quantitative estimate of drug-likeness (QED) is 0.891. The van der Waals surface area contributed by atoms with Crippen molar-refractivity contribution in [3.8, 4) is 0 Å². The fraction of sp³-hybridized carbons (Fsp3) is 0.214. The average Bonchev–Trinajstić information content (AvgIpc) is 2.38. The number of alkyl halides is 3. The Labute approximate surface area is 107 Å². The Morgan fingerprint density at radius 2 is 1.84 bits per heavy atom. The highest BCUT2D eigenvalue weighted by atomic mass is 19.4. The molecule has 2 rings (SSSR count). The zero-order valence-electron chi connectivity index (χ0n) is 9.82. The van der Waals surface area contributed by atoms with Gasteiger partial charge in [0.2, 0.25) is 0 Å². The third-order valence-electron chi connectivity index (χ3n) is 3.23. The molecule has 5 heteroatoms.